The maximum Gasteiger partial charge on any atom is 0.237 e. The van der Waals surface area contributed by atoms with Crippen LogP contribution < -0.4 is 10.6 Å². The van der Waals surface area contributed by atoms with Crippen molar-refractivity contribution in [2.75, 3.05) is 39.4 Å². The number of hydrogen-bond donors (Lipinski definition) is 2. The van der Waals surface area contributed by atoms with Gasteiger partial charge in [-0.1, -0.05) is 0 Å². The first-order valence-electron chi connectivity index (χ1n) is 6.97. The van der Waals surface area contributed by atoms with Gasteiger partial charge >= 0.3 is 0 Å². The number of nitrogens with zero attached hydrogens (tertiary/aromatic N) is 1. The minimum absolute atomic E-state index is 0. The monoisotopic (exact) mass is 345 g/mol. The van der Waals surface area contributed by atoms with Gasteiger partial charge in [0, 0.05) is 38.1 Å². The summed E-state index contributed by atoms with van der Waals surface area (Å²) in [6, 6.07) is -0.368. The van der Waals surface area contributed by atoms with Crippen LogP contribution in [0.2, 0.25) is 0 Å². The molecule has 0 spiro atoms. The summed E-state index contributed by atoms with van der Waals surface area (Å²) in [6.07, 6.45) is -0.608. The predicted molar refractivity (Wildman–Crippen MR) is 85.3 cm³/mol. The lowest BCUT2D eigenvalue weighted by Crippen LogP contribution is -2.55. The van der Waals surface area contributed by atoms with Gasteiger partial charge < -0.3 is 15.4 Å². The van der Waals surface area contributed by atoms with Crippen molar-refractivity contribution in [1.29, 1.82) is 0 Å². The highest BCUT2D eigenvalue weighted by Crippen LogP contribution is 2.17. The summed E-state index contributed by atoms with van der Waals surface area (Å²) >= 11 is 0. The van der Waals surface area contributed by atoms with Gasteiger partial charge in [-0.3, -0.25) is 9.69 Å². The number of carbonyl (C=O) groups is 1. The van der Waals surface area contributed by atoms with E-state index in [9.17, 15) is 9.18 Å². The van der Waals surface area contributed by atoms with Crippen molar-refractivity contribution in [3.8, 4) is 0 Å². The Balaban J connectivity index is 0.00000200. The Hall–Kier alpha value is -0.140. The molecule has 21 heavy (non-hydrogen) atoms. The molecular formula is C13H26Cl2FN3O2. The van der Waals surface area contributed by atoms with Crippen LogP contribution in [0, 0.1) is 0 Å². The number of halogens is 3. The summed E-state index contributed by atoms with van der Waals surface area (Å²) in [7, 11) is 0. The van der Waals surface area contributed by atoms with E-state index in [0.717, 1.165) is 19.7 Å². The van der Waals surface area contributed by atoms with E-state index in [0.29, 0.717) is 13.2 Å². The standard InChI is InChI=1S/C13H24FN3O2.2ClH/c1-13(2)9-19-6-5-17(13)4-3-15-12(18)11-7-10(14)8-16-11;;/h10-11,16H,3-9H2,1-2H3,(H,15,18);2*1H/t10-,11+;;/m0../s1. The summed E-state index contributed by atoms with van der Waals surface area (Å²) in [5, 5.41) is 5.77. The first-order chi connectivity index (χ1) is 8.99. The van der Waals surface area contributed by atoms with Gasteiger partial charge in [-0.05, 0) is 13.8 Å². The normalized spacial score (nSPS) is 28.3. The Bertz CT molecular complexity index is 335. The van der Waals surface area contributed by atoms with Crippen LogP contribution in [0.1, 0.15) is 20.3 Å². The fourth-order valence-corrected chi connectivity index (χ4v) is 2.63. The molecule has 0 aromatic rings. The van der Waals surface area contributed by atoms with E-state index in [4.69, 9.17) is 4.74 Å². The van der Waals surface area contributed by atoms with E-state index in [1.54, 1.807) is 0 Å². The first-order valence-corrected chi connectivity index (χ1v) is 6.97. The number of nitrogens with one attached hydrogen (secondary N) is 2. The van der Waals surface area contributed by atoms with Gasteiger partial charge in [0.1, 0.15) is 6.17 Å². The van der Waals surface area contributed by atoms with Gasteiger partial charge in [-0.15, -0.1) is 24.8 Å². The first kappa shape index (κ1) is 20.9. The summed E-state index contributed by atoms with van der Waals surface area (Å²) in [5.74, 6) is -0.0915. The van der Waals surface area contributed by atoms with Gasteiger partial charge in [0.05, 0.1) is 19.3 Å². The highest BCUT2D eigenvalue weighted by atomic mass is 35.5. The molecule has 0 bridgehead atoms. The van der Waals surface area contributed by atoms with Crippen LogP contribution in [-0.2, 0) is 9.53 Å². The van der Waals surface area contributed by atoms with E-state index in [1.165, 1.54) is 0 Å². The molecule has 2 heterocycles. The van der Waals surface area contributed by atoms with Crippen molar-refractivity contribution in [3.63, 3.8) is 0 Å². The van der Waals surface area contributed by atoms with E-state index in [-0.39, 0.29) is 55.3 Å². The number of hydrogen-bond acceptors (Lipinski definition) is 4. The Morgan fingerprint density at radius 3 is 2.76 bits per heavy atom. The summed E-state index contributed by atoms with van der Waals surface area (Å²) < 4.78 is 18.4. The van der Waals surface area contributed by atoms with Crippen LogP contribution >= 0.6 is 24.8 Å². The molecule has 2 saturated heterocycles. The number of morpholine rings is 1. The lowest BCUT2D eigenvalue weighted by atomic mass is 10.0. The number of ether oxygens (including phenoxy) is 1. The van der Waals surface area contributed by atoms with Gasteiger partial charge in [0.25, 0.3) is 0 Å². The van der Waals surface area contributed by atoms with Crippen molar-refractivity contribution in [3.05, 3.63) is 0 Å². The van der Waals surface area contributed by atoms with Crippen molar-refractivity contribution in [2.24, 2.45) is 0 Å². The zero-order valence-electron chi connectivity index (χ0n) is 12.6. The molecule has 0 aliphatic carbocycles. The maximum absolute atomic E-state index is 13.0. The molecule has 2 aliphatic heterocycles. The highest BCUT2D eigenvalue weighted by Gasteiger charge is 2.31. The quantitative estimate of drug-likeness (QED) is 0.789. The van der Waals surface area contributed by atoms with Crippen LogP contribution in [0.4, 0.5) is 4.39 Å². The number of carbonyl (C=O) groups excluding carboxylic acids is 1. The average molecular weight is 346 g/mol. The second kappa shape index (κ2) is 9.10. The Kier molecular flexibility index (Phi) is 9.04. The average Bonchev–Trinajstić information content (AvgIpc) is 2.78. The second-order valence-corrected chi connectivity index (χ2v) is 5.94. The molecule has 2 rings (SSSR count). The van der Waals surface area contributed by atoms with Crippen molar-refractivity contribution >= 4 is 30.7 Å². The number of alkyl halides is 1. The summed E-state index contributed by atoms with van der Waals surface area (Å²) in [6.45, 7) is 8.30. The van der Waals surface area contributed by atoms with Gasteiger partial charge in [-0.25, -0.2) is 4.39 Å². The zero-order chi connectivity index (χ0) is 13.9. The third kappa shape index (κ3) is 5.87. The molecule has 0 radical (unpaired) electrons. The third-order valence-corrected chi connectivity index (χ3v) is 3.89. The minimum atomic E-state index is -0.895. The molecule has 0 aromatic heterocycles. The SMILES string of the molecule is CC1(C)COCCN1CCNC(=O)[C@H]1C[C@H](F)CN1.Cl.Cl. The van der Waals surface area contributed by atoms with Crippen molar-refractivity contribution < 1.29 is 13.9 Å². The van der Waals surface area contributed by atoms with E-state index < -0.39 is 6.17 Å². The predicted octanol–water partition coefficient (Wildman–Crippen LogP) is 0.757. The third-order valence-electron chi connectivity index (χ3n) is 3.89. The van der Waals surface area contributed by atoms with Gasteiger partial charge in [0.2, 0.25) is 5.91 Å². The smallest absolute Gasteiger partial charge is 0.237 e. The molecule has 0 unspecified atom stereocenters. The van der Waals surface area contributed by atoms with Crippen LogP contribution in [0.15, 0.2) is 0 Å². The van der Waals surface area contributed by atoms with Crippen LogP contribution in [0.3, 0.4) is 0 Å². The molecule has 5 nitrogen and oxygen atoms in total. The lowest BCUT2D eigenvalue weighted by molar-refractivity contribution is -0.123. The second-order valence-electron chi connectivity index (χ2n) is 5.94. The topological polar surface area (TPSA) is 53.6 Å². The van der Waals surface area contributed by atoms with Crippen LogP contribution in [-0.4, -0.2) is 68.0 Å². The molecule has 2 N–H and O–H groups in total. The van der Waals surface area contributed by atoms with Crippen LogP contribution in [0.5, 0.6) is 0 Å². The molecule has 8 heteroatoms. The zero-order valence-corrected chi connectivity index (χ0v) is 14.2. The Morgan fingerprint density at radius 2 is 2.19 bits per heavy atom. The molecular weight excluding hydrogens is 320 g/mol. The fourth-order valence-electron chi connectivity index (χ4n) is 2.63. The van der Waals surface area contributed by atoms with Crippen LogP contribution in [0.25, 0.3) is 0 Å². The molecule has 0 aromatic carbocycles. The van der Waals surface area contributed by atoms with Gasteiger partial charge in [-0.2, -0.15) is 0 Å². The molecule has 2 fully saturated rings. The molecule has 1 amide bonds. The molecule has 0 saturated carbocycles. The fraction of sp³-hybridized carbons (Fsp3) is 0.923. The molecule has 2 aliphatic rings. The van der Waals surface area contributed by atoms with Gasteiger partial charge in [0.15, 0.2) is 0 Å². The largest absolute Gasteiger partial charge is 0.378 e. The highest BCUT2D eigenvalue weighted by molar-refractivity contribution is 5.85. The van der Waals surface area contributed by atoms with E-state index in [1.807, 2.05) is 0 Å². The number of amides is 1. The van der Waals surface area contributed by atoms with Crippen molar-refractivity contribution in [2.45, 2.75) is 38.0 Å². The maximum atomic E-state index is 13.0. The lowest BCUT2D eigenvalue weighted by Gasteiger charge is -2.42. The van der Waals surface area contributed by atoms with E-state index >= 15 is 0 Å². The van der Waals surface area contributed by atoms with E-state index in [2.05, 4.69) is 29.4 Å². The Morgan fingerprint density at radius 1 is 1.48 bits per heavy atom. The Labute approximate surface area is 138 Å². The minimum Gasteiger partial charge on any atom is -0.378 e. The molecule has 126 valence electrons. The van der Waals surface area contributed by atoms with Crippen molar-refractivity contribution in [1.82, 2.24) is 15.5 Å². The molecule has 2 atom stereocenters. The number of rotatable bonds is 4. The summed E-state index contributed by atoms with van der Waals surface area (Å²) in [4.78, 5) is 14.1. The summed E-state index contributed by atoms with van der Waals surface area (Å²) in [5.41, 5.74) is 0.0125.